The highest BCUT2D eigenvalue weighted by Crippen LogP contribution is 2.25. The number of piperazine rings is 1. The van der Waals surface area contributed by atoms with E-state index >= 15 is 0 Å². The maximum absolute atomic E-state index is 12.6. The second kappa shape index (κ2) is 5.03. The van der Waals surface area contributed by atoms with Crippen LogP contribution in [0.2, 0.25) is 0 Å². The molecule has 1 aliphatic heterocycles. The number of thiazole rings is 1. The summed E-state index contributed by atoms with van der Waals surface area (Å²) < 4.78 is 0.968. The minimum absolute atomic E-state index is 0.0967. The summed E-state index contributed by atoms with van der Waals surface area (Å²) in [6.45, 7) is 4.71. The maximum atomic E-state index is 12.6. The van der Waals surface area contributed by atoms with Gasteiger partial charge in [-0.25, -0.2) is 4.98 Å². The van der Waals surface area contributed by atoms with Crippen LogP contribution < -0.4 is 5.73 Å². The van der Waals surface area contributed by atoms with Crippen molar-refractivity contribution in [2.24, 2.45) is 0 Å². The molecule has 0 bridgehead atoms. The van der Waals surface area contributed by atoms with E-state index < -0.39 is 0 Å². The first-order chi connectivity index (χ1) is 9.54. The van der Waals surface area contributed by atoms with Gasteiger partial charge in [0.05, 0.1) is 10.2 Å². The molecule has 0 radical (unpaired) electrons. The minimum atomic E-state index is 0.0967. The molecule has 20 heavy (non-hydrogen) atoms. The highest BCUT2D eigenvalue weighted by atomic mass is 32.1. The van der Waals surface area contributed by atoms with E-state index in [2.05, 4.69) is 23.9 Å². The Morgan fingerprint density at radius 2 is 2.25 bits per heavy atom. The molecular weight excluding hydrogens is 272 g/mol. The number of fused-ring (bicyclic) bond motifs is 1. The molecule has 2 heterocycles. The van der Waals surface area contributed by atoms with E-state index in [-0.39, 0.29) is 11.9 Å². The Morgan fingerprint density at radius 3 is 3.00 bits per heavy atom. The molecule has 0 saturated carbocycles. The van der Waals surface area contributed by atoms with Crippen LogP contribution in [0.1, 0.15) is 17.3 Å². The number of nitrogens with zero attached hydrogens (tertiary/aromatic N) is 3. The number of rotatable bonds is 1. The number of benzene rings is 1. The SMILES string of the molecule is CC1CN(C)CCN1C(=O)c1ccc2nc(N)sc2c1. The fourth-order valence-corrected chi connectivity index (χ4v) is 3.46. The number of anilines is 1. The summed E-state index contributed by atoms with van der Waals surface area (Å²) >= 11 is 1.42. The van der Waals surface area contributed by atoms with Gasteiger partial charge in [0.15, 0.2) is 5.13 Å². The summed E-state index contributed by atoms with van der Waals surface area (Å²) in [6.07, 6.45) is 0. The van der Waals surface area contributed by atoms with Gasteiger partial charge in [0.2, 0.25) is 0 Å². The van der Waals surface area contributed by atoms with Crippen LogP contribution in [0.4, 0.5) is 5.13 Å². The van der Waals surface area contributed by atoms with Crippen molar-refractivity contribution in [3.05, 3.63) is 23.8 Å². The normalized spacial score (nSPS) is 20.5. The molecule has 1 aromatic carbocycles. The van der Waals surface area contributed by atoms with Gasteiger partial charge in [-0.15, -0.1) is 0 Å². The zero-order chi connectivity index (χ0) is 14.3. The van der Waals surface area contributed by atoms with Gasteiger partial charge in [-0.05, 0) is 32.2 Å². The molecule has 2 N–H and O–H groups in total. The standard InChI is InChI=1S/C14H18N4OS/c1-9-8-17(2)5-6-18(9)13(19)10-3-4-11-12(7-10)20-14(15)16-11/h3-4,7,9H,5-6,8H2,1-2H3,(H2,15,16). The Balaban J connectivity index is 1.88. The summed E-state index contributed by atoms with van der Waals surface area (Å²) in [7, 11) is 2.09. The van der Waals surface area contributed by atoms with Crippen LogP contribution in [-0.4, -0.2) is 53.4 Å². The first kappa shape index (κ1) is 13.3. The van der Waals surface area contributed by atoms with Crippen LogP contribution in [0.3, 0.4) is 0 Å². The molecule has 1 unspecified atom stereocenters. The largest absolute Gasteiger partial charge is 0.375 e. The number of nitrogens with two attached hydrogens (primary N) is 1. The molecule has 5 nitrogen and oxygen atoms in total. The highest BCUT2D eigenvalue weighted by Gasteiger charge is 2.26. The molecule has 0 spiro atoms. The zero-order valence-corrected chi connectivity index (χ0v) is 12.5. The first-order valence-corrected chi connectivity index (χ1v) is 7.52. The third-order valence-electron chi connectivity index (χ3n) is 3.74. The first-order valence-electron chi connectivity index (χ1n) is 6.70. The molecule has 1 fully saturated rings. The van der Waals surface area contributed by atoms with E-state index in [1.54, 1.807) is 0 Å². The Morgan fingerprint density at radius 1 is 1.45 bits per heavy atom. The average Bonchev–Trinajstić information content (AvgIpc) is 2.77. The number of likely N-dealkylation sites (N-methyl/N-ethyl adjacent to an activating group) is 1. The van der Waals surface area contributed by atoms with Crippen LogP contribution in [-0.2, 0) is 0 Å². The Kier molecular flexibility index (Phi) is 3.35. The third kappa shape index (κ3) is 2.36. The van der Waals surface area contributed by atoms with Crippen molar-refractivity contribution < 1.29 is 4.79 Å². The minimum Gasteiger partial charge on any atom is -0.375 e. The highest BCUT2D eigenvalue weighted by molar-refractivity contribution is 7.22. The molecule has 2 aromatic rings. The third-order valence-corrected chi connectivity index (χ3v) is 4.59. The van der Waals surface area contributed by atoms with Crippen molar-refractivity contribution in [3.8, 4) is 0 Å². The molecule has 1 amide bonds. The zero-order valence-electron chi connectivity index (χ0n) is 11.7. The van der Waals surface area contributed by atoms with Gasteiger partial charge in [-0.3, -0.25) is 4.79 Å². The fourth-order valence-electron chi connectivity index (χ4n) is 2.68. The monoisotopic (exact) mass is 290 g/mol. The predicted octanol–water partition coefficient (Wildman–Crippen LogP) is 1.65. The lowest BCUT2D eigenvalue weighted by Gasteiger charge is -2.38. The van der Waals surface area contributed by atoms with Gasteiger partial charge in [0.1, 0.15) is 0 Å². The van der Waals surface area contributed by atoms with Gasteiger partial charge in [-0.2, -0.15) is 0 Å². The predicted molar refractivity (Wildman–Crippen MR) is 82.0 cm³/mol. The number of aromatic nitrogens is 1. The van der Waals surface area contributed by atoms with Crippen LogP contribution in [0.25, 0.3) is 10.2 Å². The lowest BCUT2D eigenvalue weighted by atomic mass is 10.1. The van der Waals surface area contributed by atoms with Crippen molar-refractivity contribution >= 4 is 32.6 Å². The summed E-state index contributed by atoms with van der Waals surface area (Å²) in [5, 5.41) is 0.539. The van der Waals surface area contributed by atoms with E-state index in [1.807, 2.05) is 23.1 Å². The lowest BCUT2D eigenvalue weighted by molar-refractivity contribution is 0.0534. The molecule has 1 aromatic heterocycles. The van der Waals surface area contributed by atoms with Crippen molar-refractivity contribution in [2.45, 2.75) is 13.0 Å². The number of hydrogen-bond acceptors (Lipinski definition) is 5. The number of hydrogen-bond donors (Lipinski definition) is 1. The van der Waals surface area contributed by atoms with Crippen molar-refractivity contribution in [2.75, 3.05) is 32.4 Å². The van der Waals surface area contributed by atoms with E-state index in [1.165, 1.54) is 11.3 Å². The molecule has 3 rings (SSSR count). The van der Waals surface area contributed by atoms with Gasteiger partial charge >= 0.3 is 0 Å². The maximum Gasteiger partial charge on any atom is 0.254 e. The van der Waals surface area contributed by atoms with E-state index in [4.69, 9.17) is 5.73 Å². The summed E-state index contributed by atoms with van der Waals surface area (Å²) in [6, 6.07) is 5.85. The smallest absolute Gasteiger partial charge is 0.254 e. The summed E-state index contributed by atoms with van der Waals surface area (Å²) in [5.74, 6) is 0.0967. The molecule has 1 saturated heterocycles. The Hall–Kier alpha value is -1.66. The van der Waals surface area contributed by atoms with E-state index in [0.717, 1.165) is 35.4 Å². The van der Waals surface area contributed by atoms with Crippen molar-refractivity contribution in [3.63, 3.8) is 0 Å². The average molecular weight is 290 g/mol. The molecule has 0 aliphatic carbocycles. The molecule has 1 aliphatic rings. The van der Waals surface area contributed by atoms with E-state index in [0.29, 0.717) is 5.13 Å². The van der Waals surface area contributed by atoms with Gasteiger partial charge in [-0.1, -0.05) is 11.3 Å². The fraction of sp³-hybridized carbons (Fsp3) is 0.429. The molecule has 6 heteroatoms. The van der Waals surface area contributed by atoms with Gasteiger partial charge < -0.3 is 15.5 Å². The second-order valence-corrected chi connectivity index (χ2v) is 6.41. The number of carbonyl (C=O) groups is 1. The topological polar surface area (TPSA) is 62.5 Å². The summed E-state index contributed by atoms with van der Waals surface area (Å²) in [4.78, 5) is 21.0. The van der Waals surface area contributed by atoms with Gasteiger partial charge in [0.25, 0.3) is 5.91 Å². The molecule has 1 atom stereocenters. The van der Waals surface area contributed by atoms with Crippen LogP contribution in [0.5, 0.6) is 0 Å². The van der Waals surface area contributed by atoms with Gasteiger partial charge in [0, 0.05) is 31.2 Å². The number of nitrogen functional groups attached to an aromatic ring is 1. The lowest BCUT2D eigenvalue weighted by Crippen LogP contribution is -2.52. The number of amides is 1. The Labute approximate surface area is 122 Å². The van der Waals surface area contributed by atoms with E-state index in [9.17, 15) is 4.79 Å². The number of carbonyl (C=O) groups excluding carboxylic acids is 1. The van der Waals surface area contributed by atoms with Crippen LogP contribution in [0.15, 0.2) is 18.2 Å². The van der Waals surface area contributed by atoms with Crippen LogP contribution >= 0.6 is 11.3 Å². The molecule has 106 valence electrons. The van der Waals surface area contributed by atoms with Crippen LogP contribution in [0, 0.1) is 0 Å². The second-order valence-electron chi connectivity index (χ2n) is 5.34. The quantitative estimate of drug-likeness (QED) is 0.867. The van der Waals surface area contributed by atoms with Crippen molar-refractivity contribution in [1.82, 2.24) is 14.8 Å². The molecular formula is C14H18N4OS. The summed E-state index contributed by atoms with van der Waals surface area (Å²) in [5.41, 5.74) is 7.28. The van der Waals surface area contributed by atoms with Crippen molar-refractivity contribution in [1.29, 1.82) is 0 Å². The Bertz CT molecular complexity index is 654.